The van der Waals surface area contributed by atoms with Gasteiger partial charge in [-0.3, -0.25) is 0 Å². The highest BCUT2D eigenvalue weighted by atomic mass is 19.1. The second-order valence-electron chi connectivity index (χ2n) is 4.96. The molecule has 0 aliphatic carbocycles. The third kappa shape index (κ3) is 3.07. The molecule has 1 heterocycles. The summed E-state index contributed by atoms with van der Waals surface area (Å²) < 4.78 is 15.4. The standard InChI is InChI=1S/C16H22FN3/c1-4-8-18-15(16-19-9-10-20(16)5-2)14-7-6-13(17)11-12(14)3/h6-7,9-11,15,18H,4-5,8H2,1-3H3. The Hall–Kier alpha value is -1.68. The van der Waals surface area contributed by atoms with E-state index in [1.807, 2.05) is 25.4 Å². The van der Waals surface area contributed by atoms with Crippen molar-refractivity contribution in [3.63, 3.8) is 0 Å². The van der Waals surface area contributed by atoms with E-state index in [2.05, 4.69) is 28.7 Å². The lowest BCUT2D eigenvalue weighted by atomic mass is 10.00. The summed E-state index contributed by atoms with van der Waals surface area (Å²) in [6.45, 7) is 7.95. The number of rotatable bonds is 6. The fourth-order valence-corrected chi connectivity index (χ4v) is 2.44. The van der Waals surface area contributed by atoms with E-state index >= 15 is 0 Å². The molecule has 1 unspecified atom stereocenters. The van der Waals surface area contributed by atoms with Gasteiger partial charge in [-0.15, -0.1) is 0 Å². The van der Waals surface area contributed by atoms with Gasteiger partial charge in [0.15, 0.2) is 0 Å². The summed E-state index contributed by atoms with van der Waals surface area (Å²) >= 11 is 0. The second kappa shape index (κ2) is 6.66. The average Bonchev–Trinajstić information content (AvgIpc) is 2.89. The molecule has 20 heavy (non-hydrogen) atoms. The van der Waals surface area contributed by atoms with Crippen molar-refractivity contribution in [2.24, 2.45) is 0 Å². The van der Waals surface area contributed by atoms with Crippen molar-refractivity contribution >= 4 is 0 Å². The molecule has 0 saturated carbocycles. The molecule has 0 aliphatic rings. The number of imidazole rings is 1. The van der Waals surface area contributed by atoms with Gasteiger partial charge in [0, 0.05) is 18.9 Å². The first-order valence-electron chi connectivity index (χ1n) is 7.17. The van der Waals surface area contributed by atoms with Gasteiger partial charge in [-0.05, 0) is 50.1 Å². The van der Waals surface area contributed by atoms with Gasteiger partial charge >= 0.3 is 0 Å². The van der Waals surface area contributed by atoms with Crippen LogP contribution in [-0.4, -0.2) is 16.1 Å². The fourth-order valence-electron chi connectivity index (χ4n) is 2.44. The van der Waals surface area contributed by atoms with Crippen molar-refractivity contribution in [3.05, 3.63) is 53.4 Å². The molecule has 0 amide bonds. The smallest absolute Gasteiger partial charge is 0.130 e. The maximum atomic E-state index is 13.3. The molecule has 4 heteroatoms. The summed E-state index contributed by atoms with van der Waals surface area (Å²) in [6.07, 6.45) is 4.84. The van der Waals surface area contributed by atoms with Gasteiger partial charge < -0.3 is 9.88 Å². The van der Waals surface area contributed by atoms with Gasteiger partial charge in [-0.1, -0.05) is 13.0 Å². The minimum absolute atomic E-state index is 0.00509. The maximum absolute atomic E-state index is 13.3. The molecule has 1 aromatic carbocycles. The normalized spacial score (nSPS) is 12.6. The highest BCUT2D eigenvalue weighted by Crippen LogP contribution is 2.24. The third-order valence-corrected chi connectivity index (χ3v) is 3.49. The molecule has 2 rings (SSSR count). The molecule has 3 nitrogen and oxygen atoms in total. The molecule has 1 aromatic heterocycles. The predicted molar refractivity (Wildman–Crippen MR) is 79.2 cm³/mol. The van der Waals surface area contributed by atoms with Gasteiger partial charge in [-0.25, -0.2) is 9.37 Å². The van der Waals surface area contributed by atoms with Gasteiger partial charge in [0.05, 0.1) is 6.04 Å². The minimum Gasteiger partial charge on any atom is -0.334 e. The number of aryl methyl sites for hydroxylation is 2. The summed E-state index contributed by atoms with van der Waals surface area (Å²) in [5, 5.41) is 3.52. The maximum Gasteiger partial charge on any atom is 0.130 e. The predicted octanol–water partition coefficient (Wildman–Crippen LogP) is 3.44. The zero-order valence-electron chi connectivity index (χ0n) is 12.4. The van der Waals surface area contributed by atoms with E-state index in [1.54, 1.807) is 6.07 Å². The summed E-state index contributed by atoms with van der Waals surface area (Å²) in [5.41, 5.74) is 2.03. The zero-order chi connectivity index (χ0) is 14.5. The lowest BCUT2D eigenvalue weighted by molar-refractivity contribution is 0.538. The van der Waals surface area contributed by atoms with E-state index in [0.717, 1.165) is 36.5 Å². The lowest BCUT2D eigenvalue weighted by Gasteiger charge is -2.21. The Bertz CT molecular complexity index is 563. The molecule has 0 bridgehead atoms. The van der Waals surface area contributed by atoms with Crippen LogP contribution in [0.25, 0.3) is 0 Å². The van der Waals surface area contributed by atoms with Crippen LogP contribution in [0.2, 0.25) is 0 Å². The Labute approximate surface area is 119 Å². The van der Waals surface area contributed by atoms with Crippen LogP contribution in [-0.2, 0) is 6.54 Å². The first-order valence-corrected chi connectivity index (χ1v) is 7.17. The summed E-state index contributed by atoms with van der Waals surface area (Å²) in [6, 6.07) is 4.95. The Balaban J connectivity index is 2.41. The Morgan fingerprint density at radius 2 is 2.15 bits per heavy atom. The van der Waals surface area contributed by atoms with Gasteiger partial charge in [-0.2, -0.15) is 0 Å². The molecule has 1 N–H and O–H groups in total. The van der Waals surface area contributed by atoms with Crippen LogP contribution in [0.1, 0.15) is 43.3 Å². The van der Waals surface area contributed by atoms with Gasteiger partial charge in [0.1, 0.15) is 11.6 Å². The molecule has 1 atom stereocenters. The highest BCUT2D eigenvalue weighted by Gasteiger charge is 2.20. The minimum atomic E-state index is -0.195. The molecule has 0 saturated heterocycles. The molecule has 108 valence electrons. The quantitative estimate of drug-likeness (QED) is 0.875. The van der Waals surface area contributed by atoms with Crippen molar-refractivity contribution in [1.82, 2.24) is 14.9 Å². The van der Waals surface area contributed by atoms with Crippen molar-refractivity contribution in [2.75, 3.05) is 6.54 Å². The topological polar surface area (TPSA) is 29.9 Å². The zero-order valence-corrected chi connectivity index (χ0v) is 12.4. The Kier molecular flexibility index (Phi) is 4.90. The largest absolute Gasteiger partial charge is 0.334 e. The molecule has 0 radical (unpaired) electrons. The van der Waals surface area contributed by atoms with Crippen molar-refractivity contribution < 1.29 is 4.39 Å². The van der Waals surface area contributed by atoms with E-state index in [1.165, 1.54) is 6.07 Å². The second-order valence-corrected chi connectivity index (χ2v) is 4.96. The van der Waals surface area contributed by atoms with Crippen LogP contribution in [0.15, 0.2) is 30.6 Å². The van der Waals surface area contributed by atoms with Crippen LogP contribution in [0, 0.1) is 12.7 Å². The SMILES string of the molecule is CCCNC(c1ccc(F)cc1C)c1nccn1CC. The molecular weight excluding hydrogens is 253 g/mol. The third-order valence-electron chi connectivity index (χ3n) is 3.49. The van der Waals surface area contributed by atoms with Crippen molar-refractivity contribution in [1.29, 1.82) is 0 Å². The number of nitrogens with one attached hydrogen (secondary N) is 1. The summed E-state index contributed by atoms with van der Waals surface area (Å²) in [7, 11) is 0. The van der Waals surface area contributed by atoms with Crippen LogP contribution in [0.5, 0.6) is 0 Å². The monoisotopic (exact) mass is 275 g/mol. The lowest BCUT2D eigenvalue weighted by Crippen LogP contribution is -2.27. The first-order chi connectivity index (χ1) is 9.67. The number of halogens is 1. The Morgan fingerprint density at radius 1 is 1.35 bits per heavy atom. The molecular formula is C16H22FN3. The summed E-state index contributed by atoms with van der Waals surface area (Å²) in [5.74, 6) is 0.787. The highest BCUT2D eigenvalue weighted by molar-refractivity contribution is 5.33. The summed E-state index contributed by atoms with van der Waals surface area (Å²) in [4.78, 5) is 4.49. The van der Waals surface area contributed by atoms with Crippen LogP contribution in [0.4, 0.5) is 4.39 Å². The van der Waals surface area contributed by atoms with E-state index in [9.17, 15) is 4.39 Å². The number of aromatic nitrogens is 2. The molecule has 2 aromatic rings. The number of hydrogen-bond donors (Lipinski definition) is 1. The number of nitrogens with zero attached hydrogens (tertiary/aromatic N) is 2. The van der Waals surface area contributed by atoms with Gasteiger partial charge in [0.25, 0.3) is 0 Å². The average molecular weight is 275 g/mol. The van der Waals surface area contributed by atoms with Gasteiger partial charge in [0.2, 0.25) is 0 Å². The van der Waals surface area contributed by atoms with E-state index in [4.69, 9.17) is 0 Å². The first kappa shape index (κ1) is 14.7. The van der Waals surface area contributed by atoms with E-state index in [0.29, 0.717) is 0 Å². The van der Waals surface area contributed by atoms with Crippen molar-refractivity contribution in [2.45, 2.75) is 39.8 Å². The van der Waals surface area contributed by atoms with Crippen LogP contribution >= 0.6 is 0 Å². The molecule has 0 fully saturated rings. The molecule has 0 spiro atoms. The van der Waals surface area contributed by atoms with E-state index in [-0.39, 0.29) is 11.9 Å². The number of benzene rings is 1. The fraction of sp³-hybridized carbons (Fsp3) is 0.438. The van der Waals surface area contributed by atoms with Crippen LogP contribution in [0.3, 0.4) is 0 Å². The van der Waals surface area contributed by atoms with E-state index < -0.39 is 0 Å². The molecule has 0 aliphatic heterocycles. The van der Waals surface area contributed by atoms with Crippen LogP contribution < -0.4 is 5.32 Å². The van der Waals surface area contributed by atoms with Crippen molar-refractivity contribution in [3.8, 4) is 0 Å². The Morgan fingerprint density at radius 3 is 2.80 bits per heavy atom. The number of hydrogen-bond acceptors (Lipinski definition) is 2.